The summed E-state index contributed by atoms with van der Waals surface area (Å²) in [6, 6.07) is 13.6. The van der Waals surface area contributed by atoms with Crippen molar-refractivity contribution in [3.8, 4) is 11.5 Å². The summed E-state index contributed by atoms with van der Waals surface area (Å²) >= 11 is 0. The largest absolute Gasteiger partial charge is 0.497 e. The van der Waals surface area contributed by atoms with Crippen LogP contribution >= 0.6 is 0 Å². The summed E-state index contributed by atoms with van der Waals surface area (Å²) in [4.78, 5) is 2.01. The predicted octanol–water partition coefficient (Wildman–Crippen LogP) is 2.71. The van der Waals surface area contributed by atoms with Crippen LogP contribution in [0.25, 0.3) is 0 Å². The van der Waals surface area contributed by atoms with Gasteiger partial charge in [0.05, 0.1) is 7.11 Å². The first-order valence-corrected chi connectivity index (χ1v) is 7.44. The fourth-order valence-electron chi connectivity index (χ4n) is 2.28. The maximum absolute atomic E-state index is 12.8. The summed E-state index contributed by atoms with van der Waals surface area (Å²) in [7, 11) is 3.57. The first kappa shape index (κ1) is 17.2. The Hall–Kier alpha value is -2.11. The lowest BCUT2D eigenvalue weighted by atomic mass is 10.2. The monoisotopic (exact) mass is 319 g/mol. The topological polar surface area (TPSA) is 41.9 Å². The van der Waals surface area contributed by atoms with Crippen LogP contribution in [0.4, 0.5) is 4.39 Å². The second kappa shape index (κ2) is 8.50. The minimum Gasteiger partial charge on any atom is -0.497 e. The molecule has 5 heteroatoms. The summed E-state index contributed by atoms with van der Waals surface area (Å²) < 4.78 is 23.4. The molecule has 2 rings (SSSR count). The van der Waals surface area contributed by atoms with E-state index in [-0.39, 0.29) is 12.4 Å². The van der Waals surface area contributed by atoms with Crippen molar-refractivity contribution in [2.24, 2.45) is 0 Å². The van der Waals surface area contributed by atoms with E-state index < -0.39 is 6.10 Å². The number of hydrogen-bond donors (Lipinski definition) is 1. The quantitative estimate of drug-likeness (QED) is 0.812. The van der Waals surface area contributed by atoms with Gasteiger partial charge in [-0.2, -0.15) is 0 Å². The van der Waals surface area contributed by atoms with Crippen LogP contribution in [0.15, 0.2) is 48.5 Å². The first-order valence-electron chi connectivity index (χ1n) is 7.44. The van der Waals surface area contributed by atoms with Gasteiger partial charge in [0.15, 0.2) is 0 Å². The number of nitrogens with zero attached hydrogens (tertiary/aromatic N) is 1. The number of methoxy groups -OCH3 is 1. The molecule has 4 nitrogen and oxygen atoms in total. The maximum atomic E-state index is 12.8. The Morgan fingerprint density at radius 2 is 1.87 bits per heavy atom. The number of ether oxygens (including phenoxy) is 2. The Morgan fingerprint density at radius 3 is 2.57 bits per heavy atom. The van der Waals surface area contributed by atoms with Crippen LogP contribution in [0.5, 0.6) is 11.5 Å². The molecule has 0 radical (unpaired) electrons. The van der Waals surface area contributed by atoms with E-state index in [0.717, 1.165) is 11.3 Å². The van der Waals surface area contributed by atoms with E-state index in [0.29, 0.717) is 18.8 Å². The number of benzene rings is 2. The van der Waals surface area contributed by atoms with Crippen molar-refractivity contribution < 1.29 is 19.0 Å². The van der Waals surface area contributed by atoms with Crippen LogP contribution < -0.4 is 9.47 Å². The van der Waals surface area contributed by atoms with Gasteiger partial charge < -0.3 is 14.6 Å². The van der Waals surface area contributed by atoms with E-state index >= 15 is 0 Å². The molecule has 0 saturated carbocycles. The first-order chi connectivity index (χ1) is 11.1. The highest BCUT2D eigenvalue weighted by molar-refractivity contribution is 5.28. The normalized spacial score (nSPS) is 12.2. The van der Waals surface area contributed by atoms with E-state index in [1.807, 2.05) is 36.2 Å². The number of likely N-dealkylation sites (N-methyl/N-ethyl adjacent to an activating group) is 1. The Kier molecular flexibility index (Phi) is 6.38. The van der Waals surface area contributed by atoms with Gasteiger partial charge in [0, 0.05) is 13.1 Å². The molecule has 0 aromatic heterocycles. The highest BCUT2D eigenvalue weighted by Gasteiger charge is 2.10. The molecule has 0 saturated heterocycles. The van der Waals surface area contributed by atoms with Crippen molar-refractivity contribution in [1.82, 2.24) is 4.90 Å². The van der Waals surface area contributed by atoms with Crippen LogP contribution in [-0.2, 0) is 6.54 Å². The number of rotatable bonds is 8. The van der Waals surface area contributed by atoms with Crippen molar-refractivity contribution in [3.05, 3.63) is 59.9 Å². The molecule has 23 heavy (non-hydrogen) atoms. The standard InChI is InChI=1S/C18H22FNO3/c1-20(11-14-4-3-5-18(10-14)22-2)12-16(21)13-23-17-8-6-15(19)7-9-17/h3-10,16,21H,11-13H2,1-2H3/t16-/m1/s1. The van der Waals surface area contributed by atoms with Crippen molar-refractivity contribution in [2.45, 2.75) is 12.6 Å². The van der Waals surface area contributed by atoms with Crippen LogP contribution in [0.2, 0.25) is 0 Å². The molecular formula is C18H22FNO3. The number of hydrogen-bond acceptors (Lipinski definition) is 4. The number of halogens is 1. The lowest BCUT2D eigenvalue weighted by Crippen LogP contribution is -2.32. The van der Waals surface area contributed by atoms with Gasteiger partial charge in [-0.3, -0.25) is 4.90 Å². The molecule has 0 aliphatic heterocycles. The summed E-state index contributed by atoms with van der Waals surface area (Å²) in [6.45, 7) is 1.33. The van der Waals surface area contributed by atoms with Gasteiger partial charge in [0.1, 0.15) is 30.0 Å². The van der Waals surface area contributed by atoms with Crippen molar-refractivity contribution in [3.63, 3.8) is 0 Å². The van der Waals surface area contributed by atoms with Gasteiger partial charge in [0.2, 0.25) is 0 Å². The minimum atomic E-state index is -0.629. The van der Waals surface area contributed by atoms with E-state index in [9.17, 15) is 9.50 Å². The zero-order valence-corrected chi connectivity index (χ0v) is 13.4. The number of aliphatic hydroxyl groups is 1. The van der Waals surface area contributed by atoms with E-state index in [1.54, 1.807) is 19.2 Å². The molecule has 0 heterocycles. The van der Waals surface area contributed by atoms with Gasteiger partial charge in [-0.05, 0) is 49.0 Å². The van der Waals surface area contributed by atoms with Gasteiger partial charge in [-0.25, -0.2) is 4.39 Å². The second-order valence-electron chi connectivity index (χ2n) is 5.47. The molecule has 124 valence electrons. The summed E-state index contributed by atoms with van der Waals surface area (Å²) in [5, 5.41) is 10.0. The highest BCUT2D eigenvalue weighted by atomic mass is 19.1. The van der Waals surface area contributed by atoms with E-state index in [4.69, 9.17) is 9.47 Å². The van der Waals surface area contributed by atoms with Crippen LogP contribution in [0, 0.1) is 5.82 Å². The Morgan fingerprint density at radius 1 is 1.13 bits per heavy atom. The van der Waals surface area contributed by atoms with E-state index in [1.165, 1.54) is 12.1 Å². The molecule has 0 aliphatic carbocycles. The van der Waals surface area contributed by atoms with Gasteiger partial charge in [0.25, 0.3) is 0 Å². The molecule has 0 amide bonds. The lowest BCUT2D eigenvalue weighted by Gasteiger charge is -2.21. The molecule has 2 aromatic rings. The van der Waals surface area contributed by atoms with Crippen LogP contribution in [0.3, 0.4) is 0 Å². The fraction of sp³-hybridized carbons (Fsp3) is 0.333. The number of aliphatic hydroxyl groups excluding tert-OH is 1. The zero-order valence-electron chi connectivity index (χ0n) is 13.4. The average molecular weight is 319 g/mol. The molecule has 0 unspecified atom stereocenters. The molecule has 1 N–H and O–H groups in total. The second-order valence-corrected chi connectivity index (χ2v) is 5.47. The Balaban J connectivity index is 1.77. The van der Waals surface area contributed by atoms with Gasteiger partial charge in [-0.1, -0.05) is 12.1 Å². The van der Waals surface area contributed by atoms with Crippen molar-refractivity contribution in [1.29, 1.82) is 0 Å². The molecule has 0 fully saturated rings. The predicted molar refractivity (Wildman–Crippen MR) is 87.2 cm³/mol. The molecule has 0 spiro atoms. The third-order valence-electron chi connectivity index (χ3n) is 3.37. The summed E-state index contributed by atoms with van der Waals surface area (Å²) in [5.41, 5.74) is 1.11. The smallest absolute Gasteiger partial charge is 0.123 e. The maximum Gasteiger partial charge on any atom is 0.123 e. The summed E-state index contributed by atoms with van der Waals surface area (Å²) in [5.74, 6) is 1.05. The minimum absolute atomic E-state index is 0.161. The van der Waals surface area contributed by atoms with Gasteiger partial charge >= 0.3 is 0 Å². The van der Waals surface area contributed by atoms with Crippen molar-refractivity contribution >= 4 is 0 Å². The highest BCUT2D eigenvalue weighted by Crippen LogP contribution is 2.14. The third-order valence-corrected chi connectivity index (χ3v) is 3.37. The average Bonchev–Trinajstić information content (AvgIpc) is 2.54. The molecular weight excluding hydrogens is 297 g/mol. The van der Waals surface area contributed by atoms with Crippen LogP contribution in [-0.4, -0.2) is 43.4 Å². The molecule has 2 aromatic carbocycles. The van der Waals surface area contributed by atoms with Gasteiger partial charge in [-0.15, -0.1) is 0 Å². The zero-order chi connectivity index (χ0) is 16.7. The summed E-state index contributed by atoms with van der Waals surface area (Å²) in [6.07, 6.45) is -0.629. The molecule has 0 bridgehead atoms. The lowest BCUT2D eigenvalue weighted by molar-refractivity contribution is 0.0743. The fourth-order valence-corrected chi connectivity index (χ4v) is 2.28. The Bertz CT molecular complexity index is 603. The molecule has 1 atom stereocenters. The Labute approximate surface area is 136 Å². The molecule has 0 aliphatic rings. The third kappa shape index (κ3) is 5.88. The van der Waals surface area contributed by atoms with Crippen LogP contribution in [0.1, 0.15) is 5.56 Å². The van der Waals surface area contributed by atoms with Crippen molar-refractivity contribution in [2.75, 3.05) is 27.3 Å². The van der Waals surface area contributed by atoms with E-state index in [2.05, 4.69) is 0 Å². The SMILES string of the molecule is COc1cccc(CN(C)C[C@@H](O)COc2ccc(F)cc2)c1.